The molecule has 2 heterocycles. The zero-order valence-corrected chi connectivity index (χ0v) is 24.2. The summed E-state index contributed by atoms with van der Waals surface area (Å²) >= 11 is 1.34. The summed E-state index contributed by atoms with van der Waals surface area (Å²) in [5.41, 5.74) is 5.66. The van der Waals surface area contributed by atoms with E-state index in [0.717, 1.165) is 38.4 Å². The summed E-state index contributed by atoms with van der Waals surface area (Å²) in [5.74, 6) is 0. The van der Waals surface area contributed by atoms with Gasteiger partial charge < -0.3 is 19.7 Å². The quantitative estimate of drug-likeness (QED) is 0.286. The normalized spacial score (nSPS) is 14.2. The van der Waals surface area contributed by atoms with E-state index in [1.165, 1.54) is 11.5 Å². The number of aromatic nitrogens is 1. The molecule has 3 aromatic carbocycles. The number of hydrogen-bond acceptors (Lipinski definition) is 7. The Bertz CT molecular complexity index is 1370. The van der Waals surface area contributed by atoms with Crippen molar-refractivity contribution in [3.63, 3.8) is 0 Å². The van der Waals surface area contributed by atoms with Gasteiger partial charge in [-0.1, -0.05) is 89.8 Å². The molecule has 0 radical (unpaired) electrons. The molecule has 1 aliphatic rings. The van der Waals surface area contributed by atoms with Crippen LogP contribution in [0.25, 0.3) is 21.6 Å². The molecule has 0 bridgehead atoms. The zero-order chi connectivity index (χ0) is 25.1. The van der Waals surface area contributed by atoms with Crippen molar-refractivity contribution in [3.05, 3.63) is 95.7 Å². The SMILES string of the molecule is Cc1nsc(-c2ccc(-c3ccc(C4([C-]=O)COC4)cc3)cc2)c1NC(=O)O[C@H](C)c1ccccc1.[Na+].[OH-]. The molecule has 1 amide bonds. The summed E-state index contributed by atoms with van der Waals surface area (Å²) in [6.45, 7) is 4.47. The number of aryl methyl sites for hydroxylation is 1. The second-order valence-corrected chi connectivity index (χ2v) is 9.66. The molecule has 1 fully saturated rings. The summed E-state index contributed by atoms with van der Waals surface area (Å²) < 4.78 is 15.3. The van der Waals surface area contributed by atoms with E-state index in [1.807, 2.05) is 92.7 Å². The van der Waals surface area contributed by atoms with E-state index in [2.05, 4.69) is 16.0 Å². The van der Waals surface area contributed by atoms with E-state index >= 15 is 0 Å². The van der Waals surface area contributed by atoms with Gasteiger partial charge in [0.15, 0.2) is 0 Å². The van der Waals surface area contributed by atoms with Crippen LogP contribution in [0.2, 0.25) is 0 Å². The molecule has 0 spiro atoms. The number of benzene rings is 3. The van der Waals surface area contributed by atoms with Crippen molar-refractivity contribution in [2.75, 3.05) is 18.5 Å². The maximum Gasteiger partial charge on any atom is 1.00 e. The molecule has 1 aromatic heterocycles. The smallest absolute Gasteiger partial charge is 0.870 e. The summed E-state index contributed by atoms with van der Waals surface area (Å²) in [6, 6.07) is 25.7. The molecular weight excluding hydrogens is 511 g/mol. The molecular formula is C29H26N2NaO5S-. The first-order chi connectivity index (χ1) is 17.5. The molecule has 38 heavy (non-hydrogen) atoms. The largest absolute Gasteiger partial charge is 1.00 e. The van der Waals surface area contributed by atoms with Gasteiger partial charge in [0.1, 0.15) is 6.10 Å². The van der Waals surface area contributed by atoms with Crippen molar-refractivity contribution in [1.82, 2.24) is 4.37 Å². The Kier molecular flexibility index (Phi) is 10.0. The Morgan fingerprint density at radius 2 is 1.58 bits per heavy atom. The number of ether oxygens (including phenoxy) is 2. The molecule has 0 saturated carbocycles. The van der Waals surface area contributed by atoms with Crippen LogP contribution in [0.15, 0.2) is 78.9 Å². The van der Waals surface area contributed by atoms with Crippen LogP contribution < -0.4 is 34.9 Å². The van der Waals surface area contributed by atoms with Gasteiger partial charge in [-0.05, 0) is 47.6 Å². The number of carbonyl (C=O) groups is 1. The van der Waals surface area contributed by atoms with Crippen LogP contribution in [0.5, 0.6) is 0 Å². The van der Waals surface area contributed by atoms with Gasteiger partial charge in [0.2, 0.25) is 0 Å². The van der Waals surface area contributed by atoms with E-state index in [-0.39, 0.29) is 41.1 Å². The maximum atomic E-state index is 12.6. The third kappa shape index (κ3) is 6.07. The van der Waals surface area contributed by atoms with Crippen LogP contribution in [0, 0.1) is 6.92 Å². The van der Waals surface area contributed by atoms with E-state index in [4.69, 9.17) is 9.47 Å². The first-order valence-corrected chi connectivity index (χ1v) is 12.4. The number of nitrogens with zero attached hydrogens (tertiary/aromatic N) is 1. The Labute approximate surface area is 248 Å². The minimum atomic E-state index is -0.629. The minimum absolute atomic E-state index is 0. The van der Waals surface area contributed by atoms with Crippen LogP contribution in [0.1, 0.15) is 29.8 Å². The number of nitrogens with one attached hydrogen (secondary N) is 1. The van der Waals surface area contributed by atoms with Gasteiger partial charge in [-0.25, -0.2) is 11.1 Å². The Morgan fingerprint density at radius 3 is 2.13 bits per heavy atom. The van der Waals surface area contributed by atoms with Crippen LogP contribution in [0.4, 0.5) is 10.5 Å². The molecule has 190 valence electrons. The second-order valence-electron chi connectivity index (χ2n) is 8.89. The fourth-order valence-electron chi connectivity index (χ4n) is 4.18. The first kappa shape index (κ1) is 29.7. The summed E-state index contributed by atoms with van der Waals surface area (Å²) in [5, 5.41) is 2.89. The number of hydrogen-bond donors (Lipinski definition) is 1. The summed E-state index contributed by atoms with van der Waals surface area (Å²) in [4.78, 5) is 24.9. The van der Waals surface area contributed by atoms with Gasteiger partial charge in [0, 0.05) is 13.2 Å². The molecule has 0 unspecified atom stereocenters. The van der Waals surface area contributed by atoms with Crippen molar-refractivity contribution < 1.29 is 54.1 Å². The molecule has 5 rings (SSSR count). The Balaban J connectivity index is 0.00000200. The van der Waals surface area contributed by atoms with E-state index in [0.29, 0.717) is 18.9 Å². The van der Waals surface area contributed by atoms with Gasteiger partial charge in [-0.2, -0.15) is 4.37 Å². The molecule has 1 atom stereocenters. The van der Waals surface area contributed by atoms with Gasteiger partial charge in [0.25, 0.3) is 0 Å². The van der Waals surface area contributed by atoms with Crippen LogP contribution in [-0.2, 0) is 19.7 Å². The van der Waals surface area contributed by atoms with Gasteiger partial charge >= 0.3 is 35.7 Å². The predicted octanol–water partition coefficient (Wildman–Crippen LogP) is 3.30. The number of carbonyl (C=O) groups excluding carboxylic acids is 2. The number of anilines is 1. The van der Waals surface area contributed by atoms with E-state index < -0.39 is 11.5 Å². The molecule has 1 saturated heterocycles. The van der Waals surface area contributed by atoms with Crippen molar-refractivity contribution in [1.29, 1.82) is 0 Å². The summed E-state index contributed by atoms with van der Waals surface area (Å²) in [6.07, 6.45) is 1.25. The molecule has 4 aromatic rings. The number of amides is 1. The predicted molar refractivity (Wildman–Crippen MR) is 143 cm³/mol. The summed E-state index contributed by atoms with van der Waals surface area (Å²) in [7, 11) is 0. The van der Waals surface area contributed by atoms with Gasteiger partial charge in [0.05, 0.1) is 16.3 Å². The third-order valence-electron chi connectivity index (χ3n) is 6.45. The van der Waals surface area contributed by atoms with Crippen molar-refractivity contribution >= 4 is 29.6 Å². The standard InChI is InChI=1S/C29H25N2O4S.Na.H2O/c1-19-26(30-28(33)35-20(2)21-6-4-3-5-7-21)27(36-31-19)24-10-8-22(9-11-24)23-12-14-25(15-13-23)29(16-32)17-34-18-29;;/h3-15,20H,17-18H2,1-2H3,(H,30,33);;1H2/q-1;+1;/p-1/t20-;;/m1../s1. The van der Waals surface area contributed by atoms with Crippen molar-refractivity contribution in [3.8, 4) is 21.6 Å². The molecule has 1 aliphatic heterocycles. The first-order valence-electron chi connectivity index (χ1n) is 11.7. The van der Waals surface area contributed by atoms with Crippen LogP contribution in [0.3, 0.4) is 0 Å². The second kappa shape index (κ2) is 12.8. The fraction of sp³-hybridized carbons (Fsp3) is 0.207. The maximum absolute atomic E-state index is 12.6. The minimum Gasteiger partial charge on any atom is -0.870 e. The zero-order valence-electron chi connectivity index (χ0n) is 21.4. The molecule has 9 heteroatoms. The Morgan fingerprint density at radius 1 is 1.00 bits per heavy atom. The molecule has 2 N–H and O–H groups in total. The van der Waals surface area contributed by atoms with Crippen molar-refractivity contribution in [2.45, 2.75) is 25.4 Å². The monoisotopic (exact) mass is 537 g/mol. The van der Waals surface area contributed by atoms with Crippen LogP contribution >= 0.6 is 11.5 Å². The average Bonchev–Trinajstić information content (AvgIpc) is 3.24. The van der Waals surface area contributed by atoms with Gasteiger partial charge in [-0.15, -0.1) is 0 Å². The fourth-order valence-corrected chi connectivity index (χ4v) is 5.04. The molecule has 0 aliphatic carbocycles. The molecule has 7 nitrogen and oxygen atoms in total. The Hall–Kier alpha value is -2.85. The van der Waals surface area contributed by atoms with Crippen LogP contribution in [-0.4, -0.2) is 35.4 Å². The third-order valence-corrected chi connectivity index (χ3v) is 7.44. The average molecular weight is 538 g/mol. The van der Waals surface area contributed by atoms with E-state index in [1.54, 1.807) is 0 Å². The number of rotatable bonds is 7. The van der Waals surface area contributed by atoms with Crippen molar-refractivity contribution in [2.24, 2.45) is 0 Å². The topological polar surface area (TPSA) is 108 Å². The van der Waals surface area contributed by atoms with E-state index in [9.17, 15) is 9.59 Å². The van der Waals surface area contributed by atoms with Gasteiger partial charge in [-0.3, -0.25) is 5.32 Å².